The fourth-order valence-corrected chi connectivity index (χ4v) is 3.88. The summed E-state index contributed by atoms with van der Waals surface area (Å²) in [4.78, 5) is 0.254. The molecule has 0 aliphatic carbocycles. The minimum atomic E-state index is -3.30. The lowest BCUT2D eigenvalue weighted by atomic mass is 10.2. The first-order valence-corrected chi connectivity index (χ1v) is 7.31. The summed E-state index contributed by atoms with van der Waals surface area (Å²) in [6, 6.07) is 5.10. The number of aryl methyl sites for hydroxylation is 1. The zero-order chi connectivity index (χ0) is 12.5. The second-order valence-electron chi connectivity index (χ2n) is 4.55. The third-order valence-electron chi connectivity index (χ3n) is 2.98. The quantitative estimate of drug-likeness (QED) is 0.829. The van der Waals surface area contributed by atoms with E-state index in [4.69, 9.17) is 10.5 Å². The van der Waals surface area contributed by atoms with Crippen LogP contribution >= 0.6 is 0 Å². The van der Waals surface area contributed by atoms with Crippen LogP contribution in [-0.2, 0) is 14.6 Å². The van der Waals surface area contributed by atoms with Gasteiger partial charge in [0.1, 0.15) is 0 Å². The molecule has 0 aromatic heterocycles. The molecule has 1 fully saturated rings. The number of nitrogen functional groups attached to an aromatic ring is 1. The van der Waals surface area contributed by atoms with E-state index in [0.29, 0.717) is 18.9 Å². The molecule has 4 nitrogen and oxygen atoms in total. The summed E-state index contributed by atoms with van der Waals surface area (Å²) in [5.74, 6) is 0.223. The summed E-state index contributed by atoms with van der Waals surface area (Å²) in [5.41, 5.74) is 6.97. The van der Waals surface area contributed by atoms with Crippen LogP contribution in [0.1, 0.15) is 12.0 Å². The third kappa shape index (κ3) is 2.79. The molecule has 0 bridgehead atoms. The molecule has 2 N–H and O–H groups in total. The van der Waals surface area contributed by atoms with Gasteiger partial charge in [-0.25, -0.2) is 8.42 Å². The van der Waals surface area contributed by atoms with Crippen LogP contribution in [0.15, 0.2) is 23.1 Å². The van der Waals surface area contributed by atoms with E-state index in [-0.39, 0.29) is 16.6 Å². The van der Waals surface area contributed by atoms with Crippen molar-refractivity contribution in [2.75, 3.05) is 24.7 Å². The highest BCUT2D eigenvalue weighted by Gasteiger charge is 2.26. The van der Waals surface area contributed by atoms with Crippen molar-refractivity contribution in [3.05, 3.63) is 23.8 Å². The average Bonchev–Trinajstić information content (AvgIpc) is 2.73. The maximum absolute atomic E-state index is 12.2. The van der Waals surface area contributed by atoms with E-state index in [1.165, 1.54) is 0 Å². The highest BCUT2D eigenvalue weighted by molar-refractivity contribution is 7.91. The van der Waals surface area contributed by atoms with Gasteiger partial charge in [-0.1, -0.05) is 6.07 Å². The van der Waals surface area contributed by atoms with Gasteiger partial charge in [0.2, 0.25) is 0 Å². The van der Waals surface area contributed by atoms with Crippen LogP contribution in [0.4, 0.5) is 5.69 Å². The number of ether oxygens (including phenoxy) is 1. The molecule has 1 aliphatic heterocycles. The molecule has 1 atom stereocenters. The van der Waals surface area contributed by atoms with E-state index in [2.05, 4.69) is 0 Å². The van der Waals surface area contributed by atoms with Crippen molar-refractivity contribution in [3.63, 3.8) is 0 Å². The molecule has 1 aliphatic rings. The summed E-state index contributed by atoms with van der Waals surface area (Å²) in [5, 5.41) is 0. The number of sulfone groups is 1. The molecular formula is C12H17NO3S. The highest BCUT2D eigenvalue weighted by atomic mass is 32.2. The lowest BCUT2D eigenvalue weighted by molar-refractivity contribution is 0.188. The molecule has 1 aromatic rings. The maximum atomic E-state index is 12.2. The van der Waals surface area contributed by atoms with Crippen molar-refractivity contribution in [2.45, 2.75) is 18.2 Å². The predicted octanol–water partition coefficient (Wildman–Crippen LogP) is 1.39. The van der Waals surface area contributed by atoms with Crippen LogP contribution in [-0.4, -0.2) is 27.4 Å². The van der Waals surface area contributed by atoms with Gasteiger partial charge in [0.05, 0.1) is 22.9 Å². The van der Waals surface area contributed by atoms with Crippen molar-refractivity contribution in [3.8, 4) is 0 Å². The zero-order valence-electron chi connectivity index (χ0n) is 9.85. The minimum Gasteiger partial charge on any atom is -0.398 e. The van der Waals surface area contributed by atoms with E-state index in [1.54, 1.807) is 12.1 Å². The number of hydrogen-bond acceptors (Lipinski definition) is 4. The SMILES string of the molecule is Cc1ccc(N)c(S(=O)(=O)CC2CCOC2)c1. The van der Waals surface area contributed by atoms with Gasteiger partial charge in [-0.15, -0.1) is 0 Å². The molecule has 0 radical (unpaired) electrons. The zero-order valence-corrected chi connectivity index (χ0v) is 10.7. The molecule has 17 heavy (non-hydrogen) atoms. The van der Waals surface area contributed by atoms with Gasteiger partial charge in [-0.2, -0.15) is 0 Å². The van der Waals surface area contributed by atoms with Gasteiger partial charge in [0.25, 0.3) is 0 Å². The van der Waals surface area contributed by atoms with E-state index in [0.717, 1.165) is 12.0 Å². The van der Waals surface area contributed by atoms with Gasteiger partial charge >= 0.3 is 0 Å². The molecule has 1 heterocycles. The Balaban J connectivity index is 2.27. The van der Waals surface area contributed by atoms with Gasteiger partial charge in [0.15, 0.2) is 9.84 Å². The van der Waals surface area contributed by atoms with E-state index in [9.17, 15) is 8.42 Å². The Morgan fingerprint density at radius 1 is 1.47 bits per heavy atom. The van der Waals surface area contributed by atoms with Crippen LogP contribution in [0.25, 0.3) is 0 Å². The summed E-state index contributed by atoms with van der Waals surface area (Å²) < 4.78 is 29.6. The molecule has 0 saturated carbocycles. The predicted molar refractivity (Wildman–Crippen MR) is 66.6 cm³/mol. The first-order chi connectivity index (χ1) is 7.99. The number of benzene rings is 1. The standard InChI is InChI=1S/C12H17NO3S/c1-9-2-3-11(13)12(6-9)17(14,15)8-10-4-5-16-7-10/h2-3,6,10H,4-5,7-8,13H2,1H3. The van der Waals surface area contributed by atoms with E-state index >= 15 is 0 Å². The smallest absolute Gasteiger partial charge is 0.180 e. The Labute approximate surface area is 102 Å². The molecule has 1 aromatic carbocycles. The monoisotopic (exact) mass is 255 g/mol. The maximum Gasteiger partial charge on any atom is 0.180 e. The lowest BCUT2D eigenvalue weighted by Gasteiger charge is -2.11. The Morgan fingerprint density at radius 3 is 2.88 bits per heavy atom. The Hall–Kier alpha value is -1.07. The van der Waals surface area contributed by atoms with Crippen molar-refractivity contribution in [1.29, 1.82) is 0 Å². The Morgan fingerprint density at radius 2 is 2.24 bits per heavy atom. The van der Waals surface area contributed by atoms with Gasteiger partial charge in [-0.05, 0) is 37.0 Å². The van der Waals surface area contributed by atoms with Gasteiger partial charge in [-0.3, -0.25) is 0 Å². The summed E-state index contributed by atoms with van der Waals surface area (Å²) in [6.07, 6.45) is 0.810. The van der Waals surface area contributed by atoms with Crippen LogP contribution in [0.3, 0.4) is 0 Å². The average molecular weight is 255 g/mol. The summed E-state index contributed by atoms with van der Waals surface area (Å²) in [7, 11) is -3.30. The first kappa shape index (κ1) is 12.4. The van der Waals surface area contributed by atoms with Crippen LogP contribution in [0, 0.1) is 12.8 Å². The highest BCUT2D eigenvalue weighted by Crippen LogP contribution is 2.24. The Kier molecular flexibility index (Phi) is 3.40. The fraction of sp³-hybridized carbons (Fsp3) is 0.500. The molecule has 0 amide bonds. The number of anilines is 1. The molecule has 2 rings (SSSR count). The van der Waals surface area contributed by atoms with Crippen molar-refractivity contribution in [2.24, 2.45) is 5.92 Å². The normalized spacial score (nSPS) is 20.6. The van der Waals surface area contributed by atoms with E-state index < -0.39 is 9.84 Å². The second kappa shape index (κ2) is 4.66. The number of hydrogen-bond donors (Lipinski definition) is 1. The first-order valence-electron chi connectivity index (χ1n) is 5.65. The Bertz CT molecular complexity index is 504. The summed E-state index contributed by atoms with van der Waals surface area (Å²) >= 11 is 0. The largest absolute Gasteiger partial charge is 0.398 e. The van der Waals surface area contributed by atoms with Crippen molar-refractivity contribution >= 4 is 15.5 Å². The van der Waals surface area contributed by atoms with Crippen LogP contribution in [0.2, 0.25) is 0 Å². The molecule has 5 heteroatoms. The number of rotatable bonds is 3. The molecule has 94 valence electrons. The fourth-order valence-electron chi connectivity index (χ4n) is 2.03. The van der Waals surface area contributed by atoms with E-state index in [1.807, 2.05) is 13.0 Å². The molecule has 1 saturated heterocycles. The molecular weight excluding hydrogens is 238 g/mol. The van der Waals surface area contributed by atoms with Gasteiger partial charge in [0, 0.05) is 6.61 Å². The topological polar surface area (TPSA) is 69.4 Å². The third-order valence-corrected chi connectivity index (χ3v) is 4.92. The second-order valence-corrected chi connectivity index (χ2v) is 6.55. The molecule has 1 unspecified atom stereocenters. The number of nitrogens with two attached hydrogens (primary N) is 1. The summed E-state index contributed by atoms with van der Waals surface area (Å²) in [6.45, 7) is 3.05. The van der Waals surface area contributed by atoms with Crippen molar-refractivity contribution in [1.82, 2.24) is 0 Å². The van der Waals surface area contributed by atoms with Crippen LogP contribution in [0.5, 0.6) is 0 Å². The lowest BCUT2D eigenvalue weighted by Crippen LogP contribution is -2.17. The van der Waals surface area contributed by atoms with Gasteiger partial charge < -0.3 is 10.5 Å². The van der Waals surface area contributed by atoms with Crippen LogP contribution < -0.4 is 5.73 Å². The van der Waals surface area contributed by atoms with Crippen molar-refractivity contribution < 1.29 is 13.2 Å². The molecule has 0 spiro atoms. The minimum absolute atomic E-state index is 0.0971.